The zero-order valence-corrected chi connectivity index (χ0v) is 38.4. The molecule has 70 heavy (non-hydrogen) atoms. The number of nitrogens with zero attached hydrogens (tertiary/aromatic N) is 1. The van der Waals surface area contributed by atoms with Gasteiger partial charge in [0.05, 0.1) is 19.5 Å². The Morgan fingerprint density at radius 2 is 1.27 bits per heavy atom. The first-order valence-electron chi connectivity index (χ1n) is 22.9. The van der Waals surface area contributed by atoms with Crippen LogP contribution in [0.25, 0.3) is 10.9 Å². The van der Waals surface area contributed by atoms with E-state index in [1.165, 1.54) is 19.4 Å². The summed E-state index contributed by atoms with van der Waals surface area (Å²) in [4.78, 5) is 105. The number of carbonyl (C=O) groups is 7. The second-order valence-electron chi connectivity index (χ2n) is 17.0. The molecule has 0 bridgehead atoms. The van der Waals surface area contributed by atoms with E-state index in [2.05, 4.69) is 46.9 Å². The van der Waals surface area contributed by atoms with Gasteiger partial charge in [0.25, 0.3) is 0 Å². The molecule has 19 heteroatoms. The van der Waals surface area contributed by atoms with E-state index in [0.29, 0.717) is 29.2 Å². The molecule has 7 rings (SSSR count). The average Bonchev–Trinajstić information content (AvgIpc) is 4.15. The number of ether oxygens (including phenoxy) is 2. The highest BCUT2D eigenvalue weighted by atomic mass is 16.5. The highest BCUT2D eigenvalue weighted by Crippen LogP contribution is 2.20. The fraction of sp³-hybridized carbons (Fsp3) is 0.294. The van der Waals surface area contributed by atoms with Gasteiger partial charge in [0.1, 0.15) is 48.6 Å². The molecule has 2 aromatic heterocycles. The molecular formula is C51H56N10O9. The van der Waals surface area contributed by atoms with Crippen molar-refractivity contribution in [3.8, 4) is 5.75 Å². The number of nitrogens with one attached hydrogen (secondary N) is 8. The lowest BCUT2D eigenvalue weighted by molar-refractivity contribution is -0.136. The largest absolute Gasteiger partial charge is 0.489 e. The summed E-state index contributed by atoms with van der Waals surface area (Å²) in [5, 5.41) is 17.1. The summed E-state index contributed by atoms with van der Waals surface area (Å²) in [6.45, 7) is 1.43. The van der Waals surface area contributed by atoms with E-state index in [0.717, 1.165) is 22.0 Å². The molecule has 1 fully saturated rings. The topological polar surface area (TPSA) is 281 Å². The number of primary amides is 1. The fourth-order valence-electron chi connectivity index (χ4n) is 7.80. The monoisotopic (exact) mass is 952 g/mol. The van der Waals surface area contributed by atoms with E-state index in [4.69, 9.17) is 15.2 Å². The molecule has 0 radical (unpaired) electrons. The summed E-state index contributed by atoms with van der Waals surface area (Å²) in [7, 11) is 0. The van der Waals surface area contributed by atoms with E-state index in [9.17, 15) is 33.6 Å². The number of H-pyrrole nitrogens is 2. The zero-order chi connectivity index (χ0) is 49.4. The van der Waals surface area contributed by atoms with Gasteiger partial charge in [-0.15, -0.1) is 0 Å². The molecule has 7 amide bonds. The maximum atomic E-state index is 14.7. The Balaban J connectivity index is 1.15. The molecular weight excluding hydrogens is 897 g/mol. The van der Waals surface area contributed by atoms with Gasteiger partial charge in [0.15, 0.2) is 0 Å². The lowest BCUT2D eigenvalue weighted by atomic mass is 10.0. The van der Waals surface area contributed by atoms with Crippen LogP contribution in [-0.2, 0) is 70.8 Å². The molecule has 4 aromatic carbocycles. The highest BCUT2D eigenvalue weighted by molar-refractivity contribution is 5.98. The van der Waals surface area contributed by atoms with E-state index in [1.54, 1.807) is 30.5 Å². The van der Waals surface area contributed by atoms with E-state index < -0.39 is 71.7 Å². The van der Waals surface area contributed by atoms with E-state index >= 15 is 0 Å². The first-order chi connectivity index (χ1) is 33.9. The molecule has 1 aliphatic heterocycles. The number of nitrogens with two attached hydrogens (primary N) is 1. The van der Waals surface area contributed by atoms with Gasteiger partial charge in [0.2, 0.25) is 41.4 Å². The Labute approximate surface area is 403 Å². The van der Waals surface area contributed by atoms with Gasteiger partial charge >= 0.3 is 0 Å². The predicted octanol–water partition coefficient (Wildman–Crippen LogP) is 1.92. The van der Waals surface area contributed by atoms with E-state index in [1.807, 2.05) is 84.9 Å². The summed E-state index contributed by atoms with van der Waals surface area (Å²) < 4.78 is 12.0. The van der Waals surface area contributed by atoms with Crippen molar-refractivity contribution in [3.05, 3.63) is 156 Å². The number of fused-ring (bicyclic) bond motifs is 1. The van der Waals surface area contributed by atoms with Crippen LogP contribution in [0.4, 0.5) is 0 Å². The Morgan fingerprint density at radius 3 is 1.91 bits per heavy atom. The second-order valence-corrected chi connectivity index (χ2v) is 17.0. The second kappa shape index (κ2) is 24.1. The maximum Gasteiger partial charge on any atom is 0.245 e. The Morgan fingerprint density at radius 1 is 0.671 bits per heavy atom. The molecule has 0 saturated carbocycles. The first kappa shape index (κ1) is 49.6. The van der Waals surface area contributed by atoms with Crippen molar-refractivity contribution in [1.29, 1.82) is 0 Å². The van der Waals surface area contributed by atoms with Gasteiger partial charge in [-0.3, -0.25) is 33.6 Å². The molecule has 1 saturated heterocycles. The maximum absolute atomic E-state index is 14.7. The summed E-state index contributed by atoms with van der Waals surface area (Å²) in [6, 6.07) is 25.9. The van der Waals surface area contributed by atoms with Crippen LogP contribution in [0.3, 0.4) is 0 Å². The number of para-hydroxylation sites is 1. The van der Waals surface area contributed by atoms with Gasteiger partial charge in [-0.1, -0.05) is 91.0 Å². The van der Waals surface area contributed by atoms with Crippen molar-refractivity contribution in [2.45, 2.75) is 88.5 Å². The number of aromatic nitrogens is 3. The number of hydrogen-bond donors (Lipinski definition) is 9. The smallest absolute Gasteiger partial charge is 0.245 e. The van der Waals surface area contributed by atoms with Crippen LogP contribution in [0.5, 0.6) is 5.75 Å². The number of imidazole rings is 1. The minimum Gasteiger partial charge on any atom is -0.489 e. The Kier molecular flexibility index (Phi) is 17.1. The third-order valence-corrected chi connectivity index (χ3v) is 11.7. The molecule has 6 atom stereocenters. The van der Waals surface area contributed by atoms with Gasteiger partial charge in [-0.25, -0.2) is 4.98 Å². The van der Waals surface area contributed by atoms with E-state index in [-0.39, 0.29) is 51.2 Å². The minimum atomic E-state index is -1.44. The molecule has 0 spiro atoms. The van der Waals surface area contributed by atoms with Gasteiger partial charge in [-0.05, 0) is 53.8 Å². The standard InChI is InChI=1S/C51H56N10O9/c1-31(46(52)63)56-48(65)42(23-35-25-54-39-15-9-8-14-38(35)39)59-51(68)44(29-69-27-33-10-4-2-5-11-33)61-49(66)41(22-32-16-18-37(19-17-32)70-28-34-12-6-3-7-13-34)58-50(67)43(24-36-26-53-30-55-36)60-47(64)40-20-21-45(62)57-40/h2-19,25-26,30-31,40-44,54H,20-24,27-29H2,1H3,(H2,52,63)(H,53,55)(H,56,65)(H,57,62)(H,58,67)(H,59,68)(H,60,64)(H,61,66)/t31-,40-,41+,42+,43+,44+/m0/s1. The van der Waals surface area contributed by atoms with Crippen molar-refractivity contribution in [3.63, 3.8) is 0 Å². The lowest BCUT2D eigenvalue weighted by Crippen LogP contribution is -2.61. The highest BCUT2D eigenvalue weighted by Gasteiger charge is 2.35. The van der Waals surface area contributed by atoms with Gasteiger partial charge in [0, 0.05) is 54.7 Å². The lowest BCUT2D eigenvalue weighted by Gasteiger charge is -2.27. The third-order valence-electron chi connectivity index (χ3n) is 11.7. The first-order valence-corrected chi connectivity index (χ1v) is 22.9. The summed E-state index contributed by atoms with van der Waals surface area (Å²) in [6.07, 6.45) is 4.87. The number of benzene rings is 4. The van der Waals surface area contributed by atoms with Crippen LogP contribution in [0.2, 0.25) is 0 Å². The van der Waals surface area contributed by atoms with Crippen molar-refractivity contribution >= 4 is 52.3 Å². The Bertz CT molecular complexity index is 2730. The van der Waals surface area contributed by atoms with Crippen LogP contribution in [0, 0.1) is 0 Å². The minimum absolute atomic E-state index is 0.0175. The molecule has 0 aliphatic carbocycles. The SMILES string of the molecule is C[C@H](NC(=O)[C@@H](Cc1c[nH]c2ccccc12)NC(=O)[C@@H](COCc1ccccc1)NC(=O)[C@@H](Cc1ccc(OCc2ccccc2)cc1)NC(=O)[C@@H](Cc1cnc[nH]1)NC(=O)[C@@H]1CCC(=O)N1)C(N)=O. The normalized spacial score (nSPS) is 15.3. The zero-order valence-electron chi connectivity index (χ0n) is 38.4. The summed E-state index contributed by atoms with van der Waals surface area (Å²) >= 11 is 0. The fourth-order valence-corrected chi connectivity index (χ4v) is 7.80. The summed E-state index contributed by atoms with van der Waals surface area (Å²) in [5.74, 6) is -4.15. The van der Waals surface area contributed by atoms with Crippen molar-refractivity contribution in [1.82, 2.24) is 46.9 Å². The summed E-state index contributed by atoms with van der Waals surface area (Å²) in [5.41, 5.74) is 9.84. The van der Waals surface area contributed by atoms with Crippen LogP contribution < -0.4 is 42.4 Å². The number of aromatic amines is 2. The van der Waals surface area contributed by atoms with Crippen LogP contribution in [0.1, 0.15) is 47.7 Å². The predicted molar refractivity (Wildman–Crippen MR) is 257 cm³/mol. The molecule has 364 valence electrons. The van der Waals surface area contributed by atoms with Crippen LogP contribution in [0.15, 0.2) is 128 Å². The number of amides is 7. The van der Waals surface area contributed by atoms with Crippen LogP contribution >= 0.6 is 0 Å². The molecule has 1 aliphatic rings. The van der Waals surface area contributed by atoms with Crippen molar-refractivity contribution in [2.24, 2.45) is 5.73 Å². The molecule has 6 aromatic rings. The quantitative estimate of drug-likeness (QED) is 0.0425. The third kappa shape index (κ3) is 14.1. The van der Waals surface area contributed by atoms with Crippen LogP contribution in [-0.4, -0.2) is 99.2 Å². The molecule has 0 unspecified atom stereocenters. The van der Waals surface area contributed by atoms with Gasteiger partial charge in [-0.2, -0.15) is 0 Å². The number of hydrogen-bond acceptors (Lipinski definition) is 10. The molecule has 19 nitrogen and oxygen atoms in total. The number of carbonyl (C=O) groups excluding carboxylic acids is 7. The number of rotatable bonds is 24. The Hall–Kier alpha value is -8.32. The van der Waals surface area contributed by atoms with Crippen molar-refractivity contribution in [2.75, 3.05) is 6.61 Å². The molecule has 3 heterocycles. The van der Waals surface area contributed by atoms with Crippen molar-refractivity contribution < 1.29 is 43.0 Å². The van der Waals surface area contributed by atoms with Gasteiger partial charge < -0.3 is 57.1 Å². The average molecular weight is 953 g/mol. The molecule has 10 N–H and O–H groups in total.